The summed E-state index contributed by atoms with van der Waals surface area (Å²) in [5.41, 5.74) is -0.640. The van der Waals surface area contributed by atoms with Crippen LogP contribution in [-0.4, -0.2) is 35.2 Å². The van der Waals surface area contributed by atoms with E-state index in [0.717, 1.165) is 30.6 Å². The van der Waals surface area contributed by atoms with E-state index in [2.05, 4.69) is 5.32 Å². The highest BCUT2D eigenvalue weighted by molar-refractivity contribution is 5.91. The average Bonchev–Trinajstić information content (AvgIpc) is 2.75. The van der Waals surface area contributed by atoms with Crippen molar-refractivity contribution in [3.05, 3.63) is 0 Å². The van der Waals surface area contributed by atoms with E-state index in [1.54, 1.807) is 0 Å². The van der Waals surface area contributed by atoms with E-state index in [1.165, 1.54) is 0 Å². The molecule has 1 N–H and O–H groups in total. The highest BCUT2D eigenvalue weighted by atomic mass is 19.4. The van der Waals surface area contributed by atoms with Gasteiger partial charge >= 0.3 is 6.18 Å². The standard InChI is InChI=1S/C12H17F3N2O/c13-12(14,15)7-17-9(8-3-1-2-4-8)16-11(5-6-11)10(17)18/h8-9,16H,1-7H2. The Morgan fingerprint density at radius 1 is 1.28 bits per heavy atom. The van der Waals surface area contributed by atoms with Crippen LogP contribution in [0.5, 0.6) is 0 Å². The SMILES string of the molecule is O=C1N(CC(F)(F)F)C(C2CCCC2)NC12CC2. The molecule has 3 rings (SSSR count). The largest absolute Gasteiger partial charge is 0.406 e. The average molecular weight is 262 g/mol. The van der Waals surface area contributed by atoms with Crippen LogP contribution >= 0.6 is 0 Å². The molecule has 3 fully saturated rings. The molecule has 1 heterocycles. The van der Waals surface area contributed by atoms with E-state index in [0.29, 0.717) is 12.8 Å². The Labute approximate surface area is 104 Å². The van der Waals surface area contributed by atoms with Crippen LogP contribution in [0.1, 0.15) is 38.5 Å². The van der Waals surface area contributed by atoms with Gasteiger partial charge in [0.25, 0.3) is 0 Å². The second-order valence-corrected chi connectivity index (χ2v) is 5.76. The van der Waals surface area contributed by atoms with Gasteiger partial charge in [-0.15, -0.1) is 0 Å². The van der Waals surface area contributed by atoms with Crippen molar-refractivity contribution in [3.63, 3.8) is 0 Å². The Hall–Kier alpha value is -0.780. The number of nitrogens with one attached hydrogen (secondary N) is 1. The van der Waals surface area contributed by atoms with Gasteiger partial charge in [0.05, 0.1) is 11.7 Å². The lowest BCUT2D eigenvalue weighted by atomic mass is 10.0. The monoisotopic (exact) mass is 262 g/mol. The molecule has 2 saturated carbocycles. The Morgan fingerprint density at radius 2 is 1.89 bits per heavy atom. The maximum atomic E-state index is 12.6. The molecular formula is C12H17F3N2O. The van der Waals surface area contributed by atoms with Crippen molar-refractivity contribution in [3.8, 4) is 0 Å². The van der Waals surface area contributed by atoms with Gasteiger partial charge in [-0.3, -0.25) is 10.1 Å². The fraction of sp³-hybridized carbons (Fsp3) is 0.917. The van der Waals surface area contributed by atoms with Crippen LogP contribution < -0.4 is 5.32 Å². The van der Waals surface area contributed by atoms with Gasteiger partial charge in [-0.1, -0.05) is 12.8 Å². The first-order valence-corrected chi connectivity index (χ1v) is 6.57. The summed E-state index contributed by atoms with van der Waals surface area (Å²) in [5.74, 6) is -0.145. The number of nitrogens with zero attached hydrogens (tertiary/aromatic N) is 1. The Bertz CT molecular complexity index is 359. The molecule has 0 bridgehead atoms. The summed E-state index contributed by atoms with van der Waals surface area (Å²) in [4.78, 5) is 13.1. The van der Waals surface area contributed by atoms with Crippen molar-refractivity contribution < 1.29 is 18.0 Å². The Kier molecular flexibility index (Phi) is 2.63. The lowest BCUT2D eigenvalue weighted by molar-refractivity contribution is -0.163. The minimum absolute atomic E-state index is 0.191. The zero-order valence-corrected chi connectivity index (χ0v) is 10.1. The molecule has 1 atom stereocenters. The predicted octanol–water partition coefficient (Wildman–Crippen LogP) is 2.03. The van der Waals surface area contributed by atoms with Crippen molar-refractivity contribution >= 4 is 5.91 Å². The van der Waals surface area contributed by atoms with E-state index in [1.807, 2.05) is 0 Å². The molecule has 0 aromatic rings. The quantitative estimate of drug-likeness (QED) is 0.826. The summed E-state index contributed by atoms with van der Waals surface area (Å²) >= 11 is 0. The fourth-order valence-corrected chi connectivity index (χ4v) is 3.32. The molecule has 1 spiro atoms. The second-order valence-electron chi connectivity index (χ2n) is 5.76. The zero-order chi connectivity index (χ0) is 13.0. The van der Waals surface area contributed by atoms with E-state index in [9.17, 15) is 18.0 Å². The maximum Gasteiger partial charge on any atom is 0.406 e. The van der Waals surface area contributed by atoms with Crippen LogP contribution in [0.3, 0.4) is 0 Å². The fourth-order valence-electron chi connectivity index (χ4n) is 3.32. The molecule has 3 nitrogen and oxygen atoms in total. The predicted molar refractivity (Wildman–Crippen MR) is 58.6 cm³/mol. The summed E-state index contributed by atoms with van der Waals surface area (Å²) in [6, 6.07) is 0. The van der Waals surface area contributed by atoms with E-state index in [-0.39, 0.29) is 11.8 Å². The highest BCUT2D eigenvalue weighted by Crippen LogP contribution is 2.46. The minimum atomic E-state index is -4.31. The van der Waals surface area contributed by atoms with Crippen LogP contribution in [-0.2, 0) is 4.79 Å². The van der Waals surface area contributed by atoms with Crippen LogP contribution in [0.25, 0.3) is 0 Å². The molecule has 2 aliphatic carbocycles. The summed E-state index contributed by atoms with van der Waals surface area (Å²) in [5, 5.41) is 3.18. The van der Waals surface area contributed by atoms with Crippen molar-refractivity contribution in [1.82, 2.24) is 10.2 Å². The molecule has 102 valence electrons. The number of alkyl halides is 3. The van der Waals surface area contributed by atoms with Gasteiger partial charge in [-0.25, -0.2) is 0 Å². The first-order chi connectivity index (χ1) is 8.41. The number of carbonyl (C=O) groups excluding carboxylic acids is 1. The number of amides is 1. The number of carbonyl (C=O) groups is 1. The third-order valence-electron chi connectivity index (χ3n) is 4.38. The first kappa shape index (κ1) is 12.3. The first-order valence-electron chi connectivity index (χ1n) is 6.57. The van der Waals surface area contributed by atoms with Crippen LogP contribution in [0.15, 0.2) is 0 Å². The molecule has 3 aliphatic rings. The van der Waals surface area contributed by atoms with E-state index >= 15 is 0 Å². The van der Waals surface area contributed by atoms with Gasteiger partial charge in [-0.05, 0) is 31.6 Å². The normalized spacial score (nSPS) is 31.6. The van der Waals surface area contributed by atoms with Gasteiger partial charge in [0.15, 0.2) is 0 Å². The molecule has 18 heavy (non-hydrogen) atoms. The van der Waals surface area contributed by atoms with Gasteiger partial charge in [0.2, 0.25) is 5.91 Å². The molecule has 0 aromatic heterocycles. The van der Waals surface area contributed by atoms with Crippen molar-refractivity contribution in [2.45, 2.75) is 56.4 Å². The number of halogens is 3. The topological polar surface area (TPSA) is 32.3 Å². The second kappa shape index (κ2) is 3.85. The third-order valence-corrected chi connectivity index (χ3v) is 4.38. The molecule has 1 unspecified atom stereocenters. The molecular weight excluding hydrogens is 245 g/mol. The Morgan fingerprint density at radius 3 is 2.39 bits per heavy atom. The summed E-state index contributed by atoms with van der Waals surface area (Å²) in [6.45, 7) is -1.11. The third kappa shape index (κ3) is 2.00. The van der Waals surface area contributed by atoms with Gasteiger partial charge < -0.3 is 4.90 Å². The highest BCUT2D eigenvalue weighted by Gasteiger charge is 2.61. The van der Waals surface area contributed by atoms with Gasteiger partial charge in [-0.2, -0.15) is 13.2 Å². The number of hydrogen-bond acceptors (Lipinski definition) is 2. The summed E-state index contributed by atoms with van der Waals surface area (Å²) < 4.78 is 37.8. The number of hydrogen-bond donors (Lipinski definition) is 1. The molecule has 1 saturated heterocycles. The van der Waals surface area contributed by atoms with E-state index < -0.39 is 24.4 Å². The van der Waals surface area contributed by atoms with Crippen LogP contribution in [0.4, 0.5) is 13.2 Å². The van der Waals surface area contributed by atoms with Crippen molar-refractivity contribution in [1.29, 1.82) is 0 Å². The molecule has 1 aliphatic heterocycles. The lowest BCUT2D eigenvalue weighted by Gasteiger charge is -2.29. The van der Waals surface area contributed by atoms with Gasteiger partial charge in [0, 0.05) is 0 Å². The maximum absolute atomic E-state index is 12.6. The Balaban J connectivity index is 1.79. The summed E-state index contributed by atoms with van der Waals surface area (Å²) in [7, 11) is 0. The van der Waals surface area contributed by atoms with Crippen molar-refractivity contribution in [2.24, 2.45) is 5.92 Å². The van der Waals surface area contributed by atoms with Crippen molar-refractivity contribution in [2.75, 3.05) is 6.54 Å². The zero-order valence-electron chi connectivity index (χ0n) is 10.1. The van der Waals surface area contributed by atoms with Gasteiger partial charge in [0.1, 0.15) is 6.54 Å². The lowest BCUT2D eigenvalue weighted by Crippen LogP contribution is -2.46. The molecule has 1 amide bonds. The summed E-state index contributed by atoms with van der Waals surface area (Å²) in [6.07, 6.45) is 0.629. The van der Waals surface area contributed by atoms with Crippen LogP contribution in [0.2, 0.25) is 0 Å². The number of rotatable bonds is 2. The smallest absolute Gasteiger partial charge is 0.316 e. The van der Waals surface area contributed by atoms with Crippen LogP contribution in [0, 0.1) is 5.92 Å². The van der Waals surface area contributed by atoms with E-state index in [4.69, 9.17) is 0 Å². The molecule has 6 heteroatoms. The molecule has 0 aromatic carbocycles. The molecule has 0 radical (unpaired) electrons. The minimum Gasteiger partial charge on any atom is -0.316 e.